The summed E-state index contributed by atoms with van der Waals surface area (Å²) in [5.74, 6) is 0. The molecule has 0 bridgehead atoms. The maximum absolute atomic E-state index is 4.60. The summed E-state index contributed by atoms with van der Waals surface area (Å²) in [6, 6.07) is 14.6. The number of benzene rings is 1. The van der Waals surface area contributed by atoms with Crippen LogP contribution in [0.4, 0.5) is 0 Å². The van der Waals surface area contributed by atoms with Gasteiger partial charge in [-0.25, -0.2) is 4.98 Å². The van der Waals surface area contributed by atoms with Gasteiger partial charge >= 0.3 is 0 Å². The summed E-state index contributed by atoms with van der Waals surface area (Å²) in [5.41, 5.74) is 4.42. The third-order valence-corrected chi connectivity index (χ3v) is 3.45. The van der Waals surface area contributed by atoms with E-state index in [1.165, 1.54) is 16.6 Å². The van der Waals surface area contributed by atoms with Crippen LogP contribution in [-0.2, 0) is 0 Å². The van der Waals surface area contributed by atoms with Crippen molar-refractivity contribution in [1.82, 2.24) is 14.0 Å². The fraction of sp³-hybridized carbons (Fsp3) is 0.0625. The zero-order chi connectivity index (χ0) is 12.8. The molecule has 1 aromatic carbocycles. The number of para-hydroxylation sites is 1. The van der Waals surface area contributed by atoms with Crippen LogP contribution in [0.25, 0.3) is 22.2 Å². The number of fused-ring (bicyclic) bond motifs is 3. The molecule has 92 valence electrons. The Hall–Kier alpha value is -2.55. The third-order valence-electron chi connectivity index (χ3n) is 3.45. The van der Waals surface area contributed by atoms with Crippen molar-refractivity contribution >= 4 is 16.6 Å². The summed E-state index contributed by atoms with van der Waals surface area (Å²) in [5, 5.41) is 1.18. The van der Waals surface area contributed by atoms with Gasteiger partial charge in [-0.3, -0.25) is 0 Å². The lowest BCUT2D eigenvalue weighted by Gasteiger charge is -2.05. The Morgan fingerprint density at radius 3 is 2.63 bits per heavy atom. The van der Waals surface area contributed by atoms with Gasteiger partial charge in [-0.05, 0) is 31.2 Å². The van der Waals surface area contributed by atoms with Gasteiger partial charge in [-0.1, -0.05) is 18.2 Å². The smallest absolute Gasteiger partial charge is 0.146 e. The van der Waals surface area contributed by atoms with Gasteiger partial charge in [0.1, 0.15) is 5.65 Å². The van der Waals surface area contributed by atoms with Crippen LogP contribution in [0.15, 0.2) is 61.1 Å². The summed E-state index contributed by atoms with van der Waals surface area (Å²) in [6.45, 7) is 2.02. The Morgan fingerprint density at radius 2 is 1.79 bits per heavy atom. The molecule has 0 spiro atoms. The lowest BCUT2D eigenvalue weighted by Crippen LogP contribution is -1.92. The maximum Gasteiger partial charge on any atom is 0.146 e. The fourth-order valence-corrected chi connectivity index (χ4v) is 2.60. The minimum absolute atomic E-state index is 1.02. The molecule has 0 saturated heterocycles. The first-order valence-electron chi connectivity index (χ1n) is 6.34. The molecule has 0 amide bonds. The number of hydrogen-bond donors (Lipinski definition) is 0. The molecule has 3 heteroatoms. The Bertz CT molecular complexity index is 869. The van der Waals surface area contributed by atoms with E-state index in [-0.39, 0.29) is 0 Å². The Morgan fingerprint density at radius 1 is 0.947 bits per heavy atom. The van der Waals surface area contributed by atoms with Crippen LogP contribution in [-0.4, -0.2) is 14.0 Å². The number of imidazole rings is 1. The second kappa shape index (κ2) is 3.72. The number of rotatable bonds is 1. The van der Waals surface area contributed by atoms with E-state index in [2.05, 4.69) is 68.9 Å². The monoisotopic (exact) mass is 247 g/mol. The number of hydrogen-bond acceptors (Lipinski definition) is 1. The first kappa shape index (κ1) is 10.4. The van der Waals surface area contributed by atoms with Crippen LogP contribution in [0.2, 0.25) is 0 Å². The summed E-state index contributed by atoms with van der Waals surface area (Å²) in [6.07, 6.45) is 6.22. The first-order valence-corrected chi connectivity index (χ1v) is 6.34. The van der Waals surface area contributed by atoms with Crippen LogP contribution in [0, 0.1) is 6.92 Å². The predicted octanol–water partition coefficient (Wildman–Crippen LogP) is 3.59. The van der Waals surface area contributed by atoms with Crippen LogP contribution in [0.5, 0.6) is 0 Å². The molecule has 4 rings (SSSR count). The van der Waals surface area contributed by atoms with Crippen molar-refractivity contribution < 1.29 is 0 Å². The minimum Gasteiger partial charge on any atom is -0.316 e. The highest BCUT2D eigenvalue weighted by Gasteiger charge is 2.08. The highest BCUT2D eigenvalue weighted by Crippen LogP contribution is 2.23. The van der Waals surface area contributed by atoms with Crippen LogP contribution < -0.4 is 0 Å². The Labute approximate surface area is 110 Å². The molecule has 3 nitrogen and oxygen atoms in total. The molecular formula is C16H13N3. The highest BCUT2D eigenvalue weighted by molar-refractivity contribution is 5.93. The molecule has 0 atom stereocenters. The fourth-order valence-electron chi connectivity index (χ4n) is 2.60. The SMILES string of the molecule is Cc1cn2ccc3c(ccn3-c3ccccc3)c2n1. The zero-order valence-electron chi connectivity index (χ0n) is 10.6. The molecule has 0 aliphatic rings. The van der Waals surface area contributed by atoms with Crippen molar-refractivity contribution in [3.8, 4) is 5.69 Å². The number of aryl methyl sites for hydroxylation is 1. The van der Waals surface area contributed by atoms with Gasteiger partial charge in [0, 0.05) is 29.7 Å². The van der Waals surface area contributed by atoms with Crippen molar-refractivity contribution in [2.75, 3.05) is 0 Å². The van der Waals surface area contributed by atoms with E-state index in [1.807, 2.05) is 13.0 Å². The van der Waals surface area contributed by atoms with E-state index in [0.29, 0.717) is 0 Å². The Kier molecular flexibility index (Phi) is 2.03. The van der Waals surface area contributed by atoms with E-state index in [0.717, 1.165) is 11.3 Å². The van der Waals surface area contributed by atoms with Crippen LogP contribution in [0.3, 0.4) is 0 Å². The van der Waals surface area contributed by atoms with Gasteiger partial charge in [0.15, 0.2) is 0 Å². The summed E-state index contributed by atoms with van der Waals surface area (Å²) in [4.78, 5) is 4.60. The molecule has 0 N–H and O–H groups in total. The van der Waals surface area contributed by atoms with Gasteiger partial charge < -0.3 is 8.97 Å². The van der Waals surface area contributed by atoms with Crippen LogP contribution >= 0.6 is 0 Å². The maximum atomic E-state index is 4.60. The second-order valence-corrected chi connectivity index (χ2v) is 4.75. The molecule has 3 aromatic heterocycles. The van der Waals surface area contributed by atoms with Crippen molar-refractivity contribution in [3.05, 3.63) is 66.7 Å². The summed E-state index contributed by atoms with van der Waals surface area (Å²) in [7, 11) is 0. The highest BCUT2D eigenvalue weighted by atomic mass is 15.0. The van der Waals surface area contributed by atoms with Gasteiger partial charge in [0.2, 0.25) is 0 Å². The zero-order valence-corrected chi connectivity index (χ0v) is 10.6. The number of nitrogens with zero attached hydrogens (tertiary/aromatic N) is 3. The van der Waals surface area contributed by atoms with Gasteiger partial charge in [-0.2, -0.15) is 0 Å². The molecule has 19 heavy (non-hydrogen) atoms. The molecule has 0 aliphatic heterocycles. The molecule has 0 unspecified atom stereocenters. The summed E-state index contributed by atoms with van der Waals surface area (Å²) < 4.78 is 4.27. The molecule has 3 heterocycles. The van der Waals surface area contributed by atoms with E-state index in [4.69, 9.17) is 0 Å². The lowest BCUT2D eigenvalue weighted by atomic mass is 10.3. The van der Waals surface area contributed by atoms with E-state index in [9.17, 15) is 0 Å². The largest absolute Gasteiger partial charge is 0.316 e. The van der Waals surface area contributed by atoms with Crippen molar-refractivity contribution in [2.24, 2.45) is 0 Å². The van der Waals surface area contributed by atoms with Gasteiger partial charge in [-0.15, -0.1) is 0 Å². The quantitative estimate of drug-likeness (QED) is 0.504. The standard InChI is InChI=1S/C16H13N3/c1-12-11-18-9-8-15-14(16(18)17-12)7-10-19(15)13-5-3-2-4-6-13/h2-11H,1H3. The molecule has 0 radical (unpaired) electrons. The van der Waals surface area contributed by atoms with E-state index in [1.54, 1.807) is 0 Å². The van der Waals surface area contributed by atoms with E-state index < -0.39 is 0 Å². The lowest BCUT2D eigenvalue weighted by molar-refractivity contribution is 1.12. The first-order chi connectivity index (χ1) is 9.33. The van der Waals surface area contributed by atoms with Gasteiger partial charge in [0.05, 0.1) is 11.2 Å². The average molecular weight is 247 g/mol. The van der Waals surface area contributed by atoms with Crippen molar-refractivity contribution in [3.63, 3.8) is 0 Å². The molecule has 0 fully saturated rings. The van der Waals surface area contributed by atoms with Crippen molar-refractivity contribution in [1.29, 1.82) is 0 Å². The predicted molar refractivity (Wildman–Crippen MR) is 76.8 cm³/mol. The van der Waals surface area contributed by atoms with E-state index >= 15 is 0 Å². The van der Waals surface area contributed by atoms with Crippen molar-refractivity contribution in [2.45, 2.75) is 6.92 Å². The molecule has 0 aliphatic carbocycles. The third kappa shape index (κ3) is 1.48. The average Bonchev–Trinajstić information content (AvgIpc) is 3.01. The molecular weight excluding hydrogens is 234 g/mol. The normalized spacial score (nSPS) is 11.4. The van der Waals surface area contributed by atoms with Gasteiger partial charge in [0.25, 0.3) is 0 Å². The van der Waals surface area contributed by atoms with Crippen LogP contribution in [0.1, 0.15) is 5.69 Å². The minimum atomic E-state index is 1.02. The second-order valence-electron chi connectivity index (χ2n) is 4.75. The molecule has 4 aromatic rings. The molecule has 0 saturated carbocycles. The Balaban J connectivity index is 2.07. The topological polar surface area (TPSA) is 22.2 Å². The number of aromatic nitrogens is 3. The summed E-state index contributed by atoms with van der Waals surface area (Å²) >= 11 is 0. The number of pyridine rings is 1.